The molecule has 0 bridgehead atoms. The molecule has 2 aromatic rings. The third-order valence-electron chi connectivity index (χ3n) is 6.47. The fourth-order valence-electron chi connectivity index (χ4n) is 4.06. The summed E-state index contributed by atoms with van der Waals surface area (Å²) in [6, 6.07) is 15.2. The maximum atomic E-state index is 12.3. The molecular formula is C27H34O5. The normalized spacial score (nSPS) is 15.7. The van der Waals surface area contributed by atoms with Gasteiger partial charge in [-0.15, -0.1) is 0 Å². The van der Waals surface area contributed by atoms with Gasteiger partial charge in [0.15, 0.2) is 6.61 Å². The first kappa shape index (κ1) is 23.8. The van der Waals surface area contributed by atoms with Crippen molar-refractivity contribution in [2.24, 2.45) is 0 Å². The van der Waals surface area contributed by atoms with Crippen LogP contribution in [-0.4, -0.2) is 24.1 Å². The maximum absolute atomic E-state index is 12.3. The Morgan fingerprint density at radius 1 is 0.969 bits per heavy atom. The van der Waals surface area contributed by atoms with E-state index in [0.717, 1.165) is 44.1 Å². The lowest BCUT2D eigenvalue weighted by Gasteiger charge is -2.27. The highest BCUT2D eigenvalue weighted by Crippen LogP contribution is 2.36. The van der Waals surface area contributed by atoms with Crippen LogP contribution in [0.2, 0.25) is 0 Å². The lowest BCUT2D eigenvalue weighted by molar-refractivity contribution is -0.163. The molecule has 5 heteroatoms. The number of benzene rings is 2. The maximum Gasteiger partial charge on any atom is 0.344 e. The minimum absolute atomic E-state index is 0.370. The predicted octanol–water partition coefficient (Wildman–Crippen LogP) is 6.20. The summed E-state index contributed by atoms with van der Waals surface area (Å²) in [6.07, 6.45) is 5.80. The zero-order valence-electron chi connectivity index (χ0n) is 19.4. The van der Waals surface area contributed by atoms with Gasteiger partial charge in [0.25, 0.3) is 0 Å². The molecule has 0 heterocycles. The average Bonchev–Trinajstić information content (AvgIpc) is 3.30. The van der Waals surface area contributed by atoms with Crippen molar-refractivity contribution in [1.82, 2.24) is 0 Å². The molecule has 1 aliphatic rings. The summed E-state index contributed by atoms with van der Waals surface area (Å²) < 4.78 is 16.6. The van der Waals surface area contributed by atoms with Gasteiger partial charge in [-0.1, -0.05) is 45.0 Å². The zero-order valence-corrected chi connectivity index (χ0v) is 19.4. The van der Waals surface area contributed by atoms with Gasteiger partial charge in [-0.05, 0) is 79.8 Å². The topological polar surface area (TPSA) is 61.8 Å². The summed E-state index contributed by atoms with van der Waals surface area (Å²) in [6.45, 7) is 6.51. The molecule has 5 nitrogen and oxygen atoms in total. The Kier molecular flexibility index (Phi) is 8.32. The molecule has 0 radical (unpaired) electrons. The monoisotopic (exact) mass is 438 g/mol. The van der Waals surface area contributed by atoms with Crippen LogP contribution < -0.4 is 4.74 Å². The summed E-state index contributed by atoms with van der Waals surface area (Å²) >= 11 is 0. The molecule has 1 aliphatic carbocycles. The second-order valence-electron chi connectivity index (χ2n) is 8.66. The highest BCUT2D eigenvalue weighted by atomic mass is 16.6. The van der Waals surface area contributed by atoms with Crippen molar-refractivity contribution in [3.63, 3.8) is 0 Å². The molecule has 1 saturated carbocycles. The van der Waals surface area contributed by atoms with E-state index in [1.165, 1.54) is 5.56 Å². The summed E-state index contributed by atoms with van der Waals surface area (Å²) in [5.74, 6) is 0.181. The van der Waals surface area contributed by atoms with Crippen LogP contribution in [0.1, 0.15) is 86.7 Å². The van der Waals surface area contributed by atoms with Gasteiger partial charge in [0, 0.05) is 0 Å². The molecule has 32 heavy (non-hydrogen) atoms. The van der Waals surface area contributed by atoms with Gasteiger partial charge in [0.1, 0.15) is 18.0 Å². The Balaban J connectivity index is 1.45. The molecule has 2 aromatic carbocycles. The molecule has 0 N–H and O–H groups in total. The molecule has 1 atom stereocenters. The molecule has 0 aliphatic heterocycles. The van der Waals surface area contributed by atoms with E-state index in [9.17, 15) is 9.59 Å². The second-order valence-corrected chi connectivity index (χ2v) is 8.66. The van der Waals surface area contributed by atoms with E-state index >= 15 is 0 Å². The van der Waals surface area contributed by atoms with Gasteiger partial charge in [-0.2, -0.15) is 0 Å². The first-order valence-corrected chi connectivity index (χ1v) is 11.7. The van der Waals surface area contributed by atoms with E-state index in [1.807, 2.05) is 6.92 Å². The van der Waals surface area contributed by atoms with Crippen LogP contribution in [0.15, 0.2) is 48.5 Å². The molecule has 3 rings (SSSR count). The van der Waals surface area contributed by atoms with Gasteiger partial charge in [0.2, 0.25) is 0 Å². The lowest BCUT2D eigenvalue weighted by Crippen LogP contribution is -2.33. The number of esters is 2. The second kappa shape index (κ2) is 11.2. The van der Waals surface area contributed by atoms with Gasteiger partial charge in [-0.25, -0.2) is 9.59 Å². The Hall–Kier alpha value is -2.82. The van der Waals surface area contributed by atoms with Crippen molar-refractivity contribution in [2.75, 3.05) is 6.61 Å². The van der Waals surface area contributed by atoms with E-state index in [1.54, 1.807) is 24.3 Å². The molecule has 0 saturated heterocycles. The highest BCUT2D eigenvalue weighted by molar-refractivity contribution is 5.90. The van der Waals surface area contributed by atoms with Crippen molar-refractivity contribution in [2.45, 2.75) is 77.4 Å². The molecular weight excluding hydrogens is 404 g/mol. The van der Waals surface area contributed by atoms with Gasteiger partial charge < -0.3 is 14.2 Å². The number of carbonyl (C=O) groups excluding carboxylic acids is 2. The summed E-state index contributed by atoms with van der Waals surface area (Å²) in [5.41, 5.74) is 2.41. The average molecular weight is 439 g/mol. The highest BCUT2D eigenvalue weighted by Gasteiger charge is 2.36. The zero-order chi connectivity index (χ0) is 23.0. The molecule has 0 spiro atoms. The van der Waals surface area contributed by atoms with Crippen molar-refractivity contribution in [3.8, 4) is 5.75 Å². The van der Waals surface area contributed by atoms with Crippen molar-refractivity contribution in [1.29, 1.82) is 0 Å². The van der Waals surface area contributed by atoms with E-state index in [4.69, 9.17) is 14.2 Å². The summed E-state index contributed by atoms with van der Waals surface area (Å²) in [7, 11) is 0. The number of rotatable bonds is 10. The third kappa shape index (κ3) is 6.35. The van der Waals surface area contributed by atoms with Crippen LogP contribution >= 0.6 is 0 Å². The molecule has 1 fully saturated rings. The SMILES string of the molecule is CCC(C)c1ccc(COc2ccc(C(=O)OCC(=O)OC3(CC)CCCC3)cc2)cc1. The first-order chi connectivity index (χ1) is 15.4. The largest absolute Gasteiger partial charge is 0.489 e. The van der Waals surface area contributed by atoms with E-state index < -0.39 is 11.9 Å². The fourth-order valence-corrected chi connectivity index (χ4v) is 4.06. The predicted molar refractivity (Wildman–Crippen MR) is 124 cm³/mol. The summed E-state index contributed by atoms with van der Waals surface area (Å²) in [4.78, 5) is 24.4. The Morgan fingerprint density at radius 3 is 2.22 bits per heavy atom. The van der Waals surface area contributed by atoms with Crippen LogP contribution in [0.25, 0.3) is 0 Å². The van der Waals surface area contributed by atoms with E-state index in [-0.39, 0.29) is 12.2 Å². The summed E-state index contributed by atoms with van der Waals surface area (Å²) in [5, 5.41) is 0. The Labute approximate surface area is 191 Å². The number of carbonyl (C=O) groups is 2. The van der Waals surface area contributed by atoms with Gasteiger partial charge in [-0.3, -0.25) is 0 Å². The lowest BCUT2D eigenvalue weighted by atomic mass is 9.98. The van der Waals surface area contributed by atoms with Crippen LogP contribution in [0, 0.1) is 0 Å². The molecule has 0 amide bonds. The minimum atomic E-state index is -0.550. The van der Waals surface area contributed by atoms with Crippen LogP contribution in [0.4, 0.5) is 0 Å². The number of hydrogen-bond acceptors (Lipinski definition) is 5. The first-order valence-electron chi connectivity index (χ1n) is 11.7. The number of ether oxygens (including phenoxy) is 3. The minimum Gasteiger partial charge on any atom is -0.489 e. The quantitative estimate of drug-likeness (QED) is 0.413. The van der Waals surface area contributed by atoms with Gasteiger partial charge >= 0.3 is 11.9 Å². The molecule has 1 unspecified atom stereocenters. The third-order valence-corrected chi connectivity index (χ3v) is 6.47. The van der Waals surface area contributed by atoms with E-state index in [0.29, 0.717) is 23.8 Å². The van der Waals surface area contributed by atoms with Crippen LogP contribution in [0.3, 0.4) is 0 Å². The standard InChI is InChI=1S/C27H34O5/c1-4-20(3)22-10-8-21(9-11-22)18-30-24-14-12-23(13-15-24)26(29)31-19-25(28)32-27(5-2)16-6-7-17-27/h8-15,20H,4-7,16-19H2,1-3H3. The van der Waals surface area contributed by atoms with Crippen molar-refractivity contribution >= 4 is 11.9 Å². The Bertz CT molecular complexity index is 879. The molecule has 0 aromatic heterocycles. The smallest absolute Gasteiger partial charge is 0.344 e. The molecule has 172 valence electrons. The number of hydrogen-bond donors (Lipinski definition) is 0. The van der Waals surface area contributed by atoms with Crippen molar-refractivity contribution in [3.05, 3.63) is 65.2 Å². The fraction of sp³-hybridized carbons (Fsp3) is 0.481. The van der Waals surface area contributed by atoms with Crippen LogP contribution in [0.5, 0.6) is 5.75 Å². The van der Waals surface area contributed by atoms with Gasteiger partial charge in [0.05, 0.1) is 5.56 Å². The van der Waals surface area contributed by atoms with Crippen molar-refractivity contribution < 1.29 is 23.8 Å². The van der Waals surface area contributed by atoms with Crippen LogP contribution in [-0.2, 0) is 20.9 Å². The van der Waals surface area contributed by atoms with E-state index in [2.05, 4.69) is 38.1 Å². The Morgan fingerprint density at radius 2 is 1.62 bits per heavy atom.